The van der Waals surface area contributed by atoms with Crippen LogP contribution in [0, 0.1) is 0 Å². The fourth-order valence-electron chi connectivity index (χ4n) is 0.512. The number of thiazole rings is 1. The van der Waals surface area contributed by atoms with E-state index in [0.717, 1.165) is 5.69 Å². The molecule has 0 aliphatic carbocycles. The van der Waals surface area contributed by atoms with E-state index in [-0.39, 0.29) is 6.61 Å². The van der Waals surface area contributed by atoms with Gasteiger partial charge in [0.1, 0.15) is 0 Å². The Morgan fingerprint density at radius 2 is 2.56 bits per heavy atom. The second-order valence-corrected chi connectivity index (χ2v) is 3.01. The number of hydrogen-bond donors (Lipinski definition) is 1. The minimum Gasteiger partial charge on any atom is -0.396 e. The van der Waals surface area contributed by atoms with Crippen molar-refractivity contribution in [3.05, 3.63) is 15.5 Å². The molecule has 0 radical (unpaired) electrons. The normalized spacial score (nSPS) is 10.0. The van der Waals surface area contributed by atoms with Gasteiger partial charge in [-0.2, -0.15) is 0 Å². The standard InChI is InChI=1S/C5H6ClNOS/c6-5-7-4(1-2-8)3-9-5/h3,8H,1-2H2. The average molecular weight is 164 g/mol. The molecule has 0 amide bonds. The van der Waals surface area contributed by atoms with Gasteiger partial charge in [-0.25, -0.2) is 4.98 Å². The van der Waals surface area contributed by atoms with Crippen molar-refractivity contribution in [2.24, 2.45) is 0 Å². The lowest BCUT2D eigenvalue weighted by molar-refractivity contribution is 0.298. The van der Waals surface area contributed by atoms with Gasteiger partial charge < -0.3 is 5.11 Å². The zero-order valence-electron chi connectivity index (χ0n) is 4.67. The maximum atomic E-state index is 8.45. The highest BCUT2D eigenvalue weighted by Crippen LogP contribution is 2.14. The quantitative estimate of drug-likeness (QED) is 0.714. The molecule has 0 saturated carbocycles. The Morgan fingerprint density at radius 3 is 3.00 bits per heavy atom. The maximum Gasteiger partial charge on any atom is 0.183 e. The molecule has 0 bridgehead atoms. The van der Waals surface area contributed by atoms with E-state index in [4.69, 9.17) is 16.7 Å². The van der Waals surface area contributed by atoms with E-state index in [1.807, 2.05) is 5.38 Å². The zero-order chi connectivity index (χ0) is 6.69. The molecule has 1 aromatic heterocycles. The summed E-state index contributed by atoms with van der Waals surface area (Å²) < 4.78 is 0.540. The highest BCUT2D eigenvalue weighted by atomic mass is 35.5. The van der Waals surface area contributed by atoms with Crippen LogP contribution in [0.2, 0.25) is 4.47 Å². The minimum absolute atomic E-state index is 0.139. The van der Waals surface area contributed by atoms with E-state index < -0.39 is 0 Å². The predicted molar refractivity (Wildman–Crippen MR) is 37.9 cm³/mol. The molecule has 4 heteroatoms. The first-order chi connectivity index (χ1) is 4.33. The van der Waals surface area contributed by atoms with Crippen molar-refractivity contribution in [2.45, 2.75) is 6.42 Å². The van der Waals surface area contributed by atoms with Crippen molar-refractivity contribution in [3.8, 4) is 0 Å². The Labute approximate surface area is 62.1 Å². The smallest absolute Gasteiger partial charge is 0.183 e. The summed E-state index contributed by atoms with van der Waals surface area (Å²) in [5.74, 6) is 0. The van der Waals surface area contributed by atoms with Crippen LogP contribution in [-0.4, -0.2) is 16.7 Å². The van der Waals surface area contributed by atoms with Crippen molar-refractivity contribution < 1.29 is 5.11 Å². The largest absolute Gasteiger partial charge is 0.396 e. The summed E-state index contributed by atoms with van der Waals surface area (Å²) in [6, 6.07) is 0. The van der Waals surface area contributed by atoms with Crippen LogP contribution >= 0.6 is 22.9 Å². The lowest BCUT2D eigenvalue weighted by Crippen LogP contribution is -1.88. The molecule has 2 nitrogen and oxygen atoms in total. The van der Waals surface area contributed by atoms with Crippen LogP contribution in [-0.2, 0) is 6.42 Å². The third kappa shape index (κ3) is 1.93. The molecule has 0 unspecified atom stereocenters. The Hall–Kier alpha value is -0.120. The van der Waals surface area contributed by atoms with Gasteiger partial charge in [-0.05, 0) is 0 Å². The highest BCUT2D eigenvalue weighted by Gasteiger charge is 1.96. The molecule has 1 heterocycles. The monoisotopic (exact) mass is 163 g/mol. The number of aromatic nitrogens is 1. The number of nitrogens with zero attached hydrogens (tertiary/aromatic N) is 1. The lowest BCUT2D eigenvalue weighted by atomic mass is 10.4. The van der Waals surface area contributed by atoms with Crippen LogP contribution in [0.4, 0.5) is 0 Å². The number of aliphatic hydroxyl groups is 1. The topological polar surface area (TPSA) is 33.1 Å². The van der Waals surface area contributed by atoms with E-state index >= 15 is 0 Å². The molecule has 0 saturated heterocycles. The van der Waals surface area contributed by atoms with Crippen molar-refractivity contribution in [1.29, 1.82) is 0 Å². The minimum atomic E-state index is 0.139. The molecule has 9 heavy (non-hydrogen) atoms. The molecule has 0 spiro atoms. The molecule has 0 aromatic carbocycles. The molecule has 0 fully saturated rings. The third-order valence-electron chi connectivity index (χ3n) is 0.892. The van der Waals surface area contributed by atoms with Crippen molar-refractivity contribution >= 4 is 22.9 Å². The van der Waals surface area contributed by atoms with Crippen LogP contribution in [0.3, 0.4) is 0 Å². The van der Waals surface area contributed by atoms with Gasteiger partial charge in [-0.3, -0.25) is 0 Å². The second kappa shape index (κ2) is 3.15. The van der Waals surface area contributed by atoms with Gasteiger partial charge in [0.15, 0.2) is 4.47 Å². The first-order valence-corrected chi connectivity index (χ1v) is 3.79. The van der Waals surface area contributed by atoms with Crippen LogP contribution in [0.5, 0.6) is 0 Å². The van der Waals surface area contributed by atoms with Gasteiger partial charge in [0.2, 0.25) is 0 Å². The van der Waals surface area contributed by atoms with Gasteiger partial charge in [0.05, 0.1) is 5.69 Å². The Kier molecular flexibility index (Phi) is 2.45. The van der Waals surface area contributed by atoms with Gasteiger partial charge >= 0.3 is 0 Å². The summed E-state index contributed by atoms with van der Waals surface area (Å²) in [5, 5.41) is 10.3. The van der Waals surface area contributed by atoms with E-state index in [9.17, 15) is 0 Å². The zero-order valence-corrected chi connectivity index (χ0v) is 6.24. The molecular weight excluding hydrogens is 158 g/mol. The molecule has 0 atom stereocenters. The van der Waals surface area contributed by atoms with Crippen molar-refractivity contribution in [3.63, 3.8) is 0 Å². The fourth-order valence-corrected chi connectivity index (χ4v) is 1.33. The van der Waals surface area contributed by atoms with Crippen LogP contribution < -0.4 is 0 Å². The molecule has 1 N–H and O–H groups in total. The van der Waals surface area contributed by atoms with Crippen LogP contribution in [0.1, 0.15) is 5.69 Å². The molecule has 1 aromatic rings. The van der Waals surface area contributed by atoms with E-state index in [1.165, 1.54) is 11.3 Å². The second-order valence-electron chi connectivity index (χ2n) is 1.57. The van der Waals surface area contributed by atoms with Gasteiger partial charge in [0.25, 0.3) is 0 Å². The summed E-state index contributed by atoms with van der Waals surface area (Å²) in [6.45, 7) is 0.139. The first-order valence-electron chi connectivity index (χ1n) is 2.53. The number of halogens is 1. The molecule has 50 valence electrons. The molecule has 1 rings (SSSR count). The molecule has 0 aliphatic rings. The van der Waals surface area contributed by atoms with E-state index in [0.29, 0.717) is 10.9 Å². The Balaban J connectivity index is 2.61. The number of hydrogen-bond acceptors (Lipinski definition) is 3. The average Bonchev–Trinajstić information content (AvgIpc) is 2.17. The SMILES string of the molecule is OCCc1csc(Cl)n1. The van der Waals surface area contributed by atoms with E-state index in [2.05, 4.69) is 4.98 Å². The summed E-state index contributed by atoms with van der Waals surface area (Å²) in [5.41, 5.74) is 0.868. The molecular formula is C5H6ClNOS. The van der Waals surface area contributed by atoms with Crippen LogP contribution in [0.15, 0.2) is 5.38 Å². The first kappa shape index (κ1) is 6.99. The number of rotatable bonds is 2. The summed E-state index contributed by atoms with van der Waals surface area (Å²) in [4.78, 5) is 3.92. The van der Waals surface area contributed by atoms with Crippen molar-refractivity contribution in [1.82, 2.24) is 4.98 Å². The lowest BCUT2D eigenvalue weighted by Gasteiger charge is -1.85. The fraction of sp³-hybridized carbons (Fsp3) is 0.400. The van der Waals surface area contributed by atoms with Gasteiger partial charge in [-0.15, -0.1) is 11.3 Å². The summed E-state index contributed by atoms with van der Waals surface area (Å²) in [6.07, 6.45) is 0.600. The van der Waals surface area contributed by atoms with Gasteiger partial charge in [-0.1, -0.05) is 11.6 Å². The van der Waals surface area contributed by atoms with Gasteiger partial charge in [0, 0.05) is 18.4 Å². The Bertz CT molecular complexity index is 189. The van der Waals surface area contributed by atoms with Crippen molar-refractivity contribution in [2.75, 3.05) is 6.61 Å². The Morgan fingerprint density at radius 1 is 1.78 bits per heavy atom. The third-order valence-corrected chi connectivity index (χ3v) is 1.92. The summed E-state index contributed by atoms with van der Waals surface area (Å²) >= 11 is 6.91. The summed E-state index contributed by atoms with van der Waals surface area (Å²) in [7, 11) is 0. The van der Waals surface area contributed by atoms with Crippen LogP contribution in [0.25, 0.3) is 0 Å². The van der Waals surface area contributed by atoms with E-state index in [1.54, 1.807) is 0 Å². The molecule has 0 aliphatic heterocycles. The highest BCUT2D eigenvalue weighted by molar-refractivity contribution is 7.13. The maximum absolute atomic E-state index is 8.45. The predicted octanol–water partition coefficient (Wildman–Crippen LogP) is 1.33. The number of aliphatic hydroxyl groups excluding tert-OH is 1.